The van der Waals surface area contributed by atoms with Crippen LogP contribution in [0.5, 0.6) is 5.75 Å². The van der Waals surface area contributed by atoms with E-state index in [1.807, 2.05) is 0 Å². The van der Waals surface area contributed by atoms with E-state index in [1.165, 1.54) is 30.5 Å². The summed E-state index contributed by atoms with van der Waals surface area (Å²) in [4.78, 5) is 11.8. The Morgan fingerprint density at radius 2 is 2.03 bits per heavy atom. The van der Waals surface area contributed by atoms with Crippen LogP contribution in [0.25, 0.3) is 22.0 Å². The maximum absolute atomic E-state index is 12.5. The average molecular weight is 406 g/mol. The third kappa shape index (κ3) is 4.04. The van der Waals surface area contributed by atoms with Crippen molar-refractivity contribution in [2.45, 2.75) is 31.9 Å². The van der Waals surface area contributed by atoms with E-state index in [1.54, 1.807) is 16.8 Å². The van der Waals surface area contributed by atoms with E-state index in [2.05, 4.69) is 9.84 Å². The van der Waals surface area contributed by atoms with Crippen molar-refractivity contribution < 1.29 is 32.5 Å². The Bertz CT molecular complexity index is 1060. The lowest BCUT2D eigenvalue weighted by Gasteiger charge is -2.23. The number of alkyl halides is 3. The van der Waals surface area contributed by atoms with Gasteiger partial charge in [-0.3, -0.25) is 0 Å². The summed E-state index contributed by atoms with van der Waals surface area (Å²) in [6.07, 6.45) is -0.979. The predicted molar refractivity (Wildman–Crippen MR) is 97.7 cm³/mol. The van der Waals surface area contributed by atoms with Gasteiger partial charge >= 0.3 is 12.3 Å². The Hall–Kier alpha value is -3.07. The Morgan fingerprint density at radius 1 is 1.21 bits per heavy atom. The number of rotatable bonds is 4. The van der Waals surface area contributed by atoms with Crippen LogP contribution in [0.15, 0.2) is 42.6 Å². The molecule has 0 aliphatic carbocycles. The number of hydrogen-bond donors (Lipinski definition) is 1. The molecule has 0 radical (unpaired) electrons. The van der Waals surface area contributed by atoms with Gasteiger partial charge in [0.25, 0.3) is 0 Å². The van der Waals surface area contributed by atoms with Crippen LogP contribution < -0.4 is 4.74 Å². The first-order chi connectivity index (χ1) is 13.8. The number of carboxylic acid groups (broad SMARTS) is 1. The quantitative estimate of drug-likeness (QED) is 0.660. The Kier molecular flexibility index (Phi) is 4.91. The predicted octanol–water partition coefficient (Wildman–Crippen LogP) is 5.00. The van der Waals surface area contributed by atoms with E-state index in [0.29, 0.717) is 28.6 Å². The average Bonchev–Trinajstić information content (AvgIpc) is 3.10. The molecule has 1 fully saturated rings. The molecule has 1 aliphatic heterocycles. The molecule has 0 amide bonds. The number of aromatic carboxylic acids is 1. The standard InChI is InChI=1S/C20H17F3N2O4/c21-20(22,23)29-14-5-3-4-12(8-14)13-9-15(19(26)27)16-11-24-25(17(16)10-13)18-6-1-2-7-28-18/h3-5,8-11,18H,1-2,6-7H2,(H,26,27). The fraction of sp³-hybridized carbons (Fsp3) is 0.300. The molecule has 29 heavy (non-hydrogen) atoms. The second-order valence-electron chi connectivity index (χ2n) is 6.75. The minimum atomic E-state index is -4.81. The largest absolute Gasteiger partial charge is 0.573 e. The van der Waals surface area contributed by atoms with Crippen molar-refractivity contribution in [1.29, 1.82) is 0 Å². The van der Waals surface area contributed by atoms with Crippen molar-refractivity contribution in [3.63, 3.8) is 0 Å². The van der Waals surface area contributed by atoms with Gasteiger partial charge in [-0.2, -0.15) is 5.10 Å². The van der Waals surface area contributed by atoms with E-state index >= 15 is 0 Å². The molecule has 6 nitrogen and oxygen atoms in total. The number of ether oxygens (including phenoxy) is 2. The lowest BCUT2D eigenvalue weighted by Crippen LogP contribution is -2.19. The number of hydrogen-bond acceptors (Lipinski definition) is 4. The number of carbonyl (C=O) groups is 1. The van der Waals surface area contributed by atoms with Crippen LogP contribution in [0.3, 0.4) is 0 Å². The Labute approximate surface area is 163 Å². The number of nitrogens with zero attached hydrogens (tertiary/aromatic N) is 2. The summed E-state index contributed by atoms with van der Waals surface area (Å²) in [6, 6.07) is 8.55. The van der Waals surface area contributed by atoms with Gasteiger partial charge in [-0.15, -0.1) is 13.2 Å². The molecule has 3 aromatic rings. The normalized spacial score (nSPS) is 17.4. The van der Waals surface area contributed by atoms with E-state index in [-0.39, 0.29) is 17.5 Å². The van der Waals surface area contributed by atoms with Gasteiger partial charge in [-0.25, -0.2) is 9.48 Å². The van der Waals surface area contributed by atoms with E-state index in [0.717, 1.165) is 19.3 Å². The van der Waals surface area contributed by atoms with Crippen LogP contribution in [-0.2, 0) is 4.74 Å². The Morgan fingerprint density at radius 3 is 2.72 bits per heavy atom. The van der Waals surface area contributed by atoms with Gasteiger partial charge in [-0.05, 0) is 54.7 Å². The summed E-state index contributed by atoms with van der Waals surface area (Å²) in [5.74, 6) is -1.53. The molecule has 0 bridgehead atoms. The van der Waals surface area contributed by atoms with E-state index in [4.69, 9.17) is 4.74 Å². The minimum absolute atomic E-state index is 0.0155. The third-order valence-corrected chi connectivity index (χ3v) is 4.78. The van der Waals surface area contributed by atoms with Gasteiger partial charge < -0.3 is 14.6 Å². The van der Waals surface area contributed by atoms with E-state index in [9.17, 15) is 23.1 Å². The molecule has 1 N–H and O–H groups in total. The lowest BCUT2D eigenvalue weighted by molar-refractivity contribution is -0.274. The van der Waals surface area contributed by atoms with E-state index < -0.39 is 12.3 Å². The molecule has 1 aliphatic rings. The topological polar surface area (TPSA) is 73.6 Å². The van der Waals surface area contributed by atoms with Gasteiger partial charge in [0.2, 0.25) is 0 Å². The number of halogens is 3. The highest BCUT2D eigenvalue weighted by atomic mass is 19.4. The molecular weight excluding hydrogens is 389 g/mol. The maximum Gasteiger partial charge on any atom is 0.573 e. The van der Waals surface area contributed by atoms with Crippen molar-refractivity contribution in [3.05, 3.63) is 48.2 Å². The minimum Gasteiger partial charge on any atom is -0.478 e. The number of aromatic nitrogens is 2. The van der Waals surface area contributed by atoms with Gasteiger partial charge in [0.1, 0.15) is 5.75 Å². The van der Waals surface area contributed by atoms with Crippen LogP contribution in [0.4, 0.5) is 13.2 Å². The van der Waals surface area contributed by atoms with Gasteiger partial charge in [0.15, 0.2) is 6.23 Å². The highest BCUT2D eigenvalue weighted by Gasteiger charge is 2.31. The molecular formula is C20H17F3N2O4. The number of carboxylic acids is 1. The zero-order chi connectivity index (χ0) is 20.6. The summed E-state index contributed by atoms with van der Waals surface area (Å²) in [5, 5.41) is 14.4. The first-order valence-electron chi connectivity index (χ1n) is 9.04. The summed E-state index contributed by atoms with van der Waals surface area (Å²) in [7, 11) is 0. The fourth-order valence-electron chi connectivity index (χ4n) is 3.51. The summed E-state index contributed by atoms with van der Waals surface area (Å²) in [5.41, 5.74) is 1.41. The van der Waals surface area contributed by atoms with Crippen molar-refractivity contribution in [2.75, 3.05) is 6.61 Å². The maximum atomic E-state index is 12.5. The van der Waals surface area contributed by atoms with Crippen LogP contribution in [0.1, 0.15) is 35.8 Å². The molecule has 1 atom stereocenters. The summed E-state index contributed by atoms with van der Waals surface area (Å²) >= 11 is 0. The summed E-state index contributed by atoms with van der Waals surface area (Å²) in [6.45, 7) is 0.592. The zero-order valence-electron chi connectivity index (χ0n) is 15.1. The first-order valence-corrected chi connectivity index (χ1v) is 9.04. The van der Waals surface area contributed by atoms with Gasteiger partial charge in [0.05, 0.1) is 17.3 Å². The van der Waals surface area contributed by atoms with Crippen molar-refractivity contribution in [3.8, 4) is 16.9 Å². The second-order valence-corrected chi connectivity index (χ2v) is 6.75. The third-order valence-electron chi connectivity index (χ3n) is 4.78. The molecule has 1 saturated heterocycles. The molecule has 4 rings (SSSR count). The number of benzene rings is 2. The fourth-order valence-corrected chi connectivity index (χ4v) is 3.51. The number of fused-ring (bicyclic) bond motifs is 1. The SMILES string of the molecule is O=C(O)c1cc(-c2cccc(OC(F)(F)F)c2)cc2c1cnn2C1CCCCO1. The highest BCUT2D eigenvalue weighted by molar-refractivity contribution is 6.04. The molecule has 2 heterocycles. The molecule has 152 valence electrons. The van der Waals surface area contributed by atoms with Gasteiger partial charge in [0, 0.05) is 12.0 Å². The smallest absolute Gasteiger partial charge is 0.478 e. The molecule has 1 aromatic heterocycles. The molecule has 0 spiro atoms. The zero-order valence-corrected chi connectivity index (χ0v) is 15.1. The first kappa shape index (κ1) is 19.3. The second kappa shape index (κ2) is 7.40. The van der Waals surface area contributed by atoms with Crippen molar-refractivity contribution in [2.24, 2.45) is 0 Å². The molecule has 2 aromatic carbocycles. The monoisotopic (exact) mass is 406 g/mol. The van der Waals surface area contributed by atoms with Crippen molar-refractivity contribution >= 4 is 16.9 Å². The van der Waals surface area contributed by atoms with Crippen LogP contribution in [-0.4, -0.2) is 33.8 Å². The lowest BCUT2D eigenvalue weighted by atomic mass is 10.00. The van der Waals surface area contributed by atoms with Crippen LogP contribution in [0.2, 0.25) is 0 Å². The van der Waals surface area contributed by atoms with Crippen LogP contribution in [0, 0.1) is 0 Å². The Balaban J connectivity index is 1.82. The molecule has 1 unspecified atom stereocenters. The highest BCUT2D eigenvalue weighted by Crippen LogP contribution is 2.33. The van der Waals surface area contributed by atoms with Crippen LogP contribution >= 0.6 is 0 Å². The summed E-state index contributed by atoms with van der Waals surface area (Å²) < 4.78 is 49.0. The molecule has 0 saturated carbocycles. The van der Waals surface area contributed by atoms with Crippen molar-refractivity contribution in [1.82, 2.24) is 9.78 Å². The van der Waals surface area contributed by atoms with Gasteiger partial charge in [-0.1, -0.05) is 12.1 Å². The molecule has 9 heteroatoms.